The fraction of sp³-hybridized carbons (Fsp3) is 0.290. The number of hydrogen-bond acceptors (Lipinski definition) is 6. The van der Waals surface area contributed by atoms with Gasteiger partial charge in [-0.05, 0) is 53.8 Å². The van der Waals surface area contributed by atoms with Gasteiger partial charge in [-0.1, -0.05) is 32.0 Å². The predicted octanol–water partition coefficient (Wildman–Crippen LogP) is 4.00. The molecule has 2 N–H and O–H groups in total. The molecule has 9 nitrogen and oxygen atoms in total. The minimum Gasteiger partial charge on any atom is -0.497 e. The van der Waals surface area contributed by atoms with E-state index in [1.807, 2.05) is 38.1 Å². The Labute approximate surface area is 231 Å². The Kier molecular flexibility index (Phi) is 7.06. The minimum atomic E-state index is -1.06. The van der Waals surface area contributed by atoms with Crippen molar-refractivity contribution in [2.45, 2.75) is 39.2 Å². The van der Waals surface area contributed by atoms with E-state index in [9.17, 15) is 19.2 Å². The lowest BCUT2D eigenvalue weighted by Crippen LogP contribution is -2.46. The van der Waals surface area contributed by atoms with E-state index in [1.54, 1.807) is 37.6 Å². The Bertz CT molecular complexity index is 1680. The molecule has 2 aromatic carbocycles. The zero-order chi connectivity index (χ0) is 28.6. The van der Waals surface area contributed by atoms with Gasteiger partial charge in [-0.3, -0.25) is 19.0 Å². The number of benzene rings is 2. The molecular formula is C31H31N3O6. The number of amides is 1. The van der Waals surface area contributed by atoms with Crippen LogP contribution in [0.4, 0.5) is 0 Å². The van der Waals surface area contributed by atoms with Gasteiger partial charge < -0.3 is 19.8 Å². The quantitative estimate of drug-likeness (QED) is 0.342. The normalized spacial score (nSPS) is 14.8. The number of fused-ring (bicyclic) bond motifs is 2. The number of aromatic nitrogens is 2. The summed E-state index contributed by atoms with van der Waals surface area (Å²) in [6, 6.07) is 14.8. The van der Waals surface area contributed by atoms with Crippen LogP contribution in [0.3, 0.4) is 0 Å². The van der Waals surface area contributed by atoms with Crippen LogP contribution in [-0.4, -0.2) is 47.5 Å². The fourth-order valence-corrected chi connectivity index (χ4v) is 5.37. The maximum absolute atomic E-state index is 13.9. The summed E-state index contributed by atoms with van der Waals surface area (Å²) in [6.07, 6.45) is 2.69. The van der Waals surface area contributed by atoms with Crippen LogP contribution in [0.2, 0.25) is 0 Å². The molecule has 1 amide bonds. The summed E-state index contributed by atoms with van der Waals surface area (Å²) in [5.41, 5.74) is 1.92. The van der Waals surface area contributed by atoms with Crippen LogP contribution >= 0.6 is 0 Å². The van der Waals surface area contributed by atoms with Crippen molar-refractivity contribution in [1.82, 2.24) is 14.9 Å². The number of nitrogens with zero attached hydrogens (tertiary/aromatic N) is 1. The summed E-state index contributed by atoms with van der Waals surface area (Å²) in [5.74, 6) is -0.951. The molecule has 0 saturated heterocycles. The summed E-state index contributed by atoms with van der Waals surface area (Å²) in [7, 11) is 2.79. The number of ketones is 1. The summed E-state index contributed by atoms with van der Waals surface area (Å²) in [4.78, 5) is 56.7. The third-order valence-electron chi connectivity index (χ3n) is 7.35. The van der Waals surface area contributed by atoms with Gasteiger partial charge in [0.2, 0.25) is 0 Å². The monoisotopic (exact) mass is 541 g/mol. The smallest absolute Gasteiger partial charge is 0.328 e. The topological polar surface area (TPSA) is 119 Å². The number of hydrogen-bond donors (Lipinski definition) is 2. The first kappa shape index (κ1) is 26.9. The first-order chi connectivity index (χ1) is 19.1. The molecule has 40 heavy (non-hydrogen) atoms. The highest BCUT2D eigenvalue weighted by Crippen LogP contribution is 2.35. The number of H-pyrrole nitrogens is 1. The van der Waals surface area contributed by atoms with Gasteiger partial charge in [0.25, 0.3) is 11.5 Å². The Balaban J connectivity index is 1.57. The third kappa shape index (κ3) is 5.02. The lowest BCUT2D eigenvalue weighted by molar-refractivity contribution is -0.142. The van der Waals surface area contributed by atoms with Crippen LogP contribution in [0.25, 0.3) is 16.6 Å². The first-order valence-electron chi connectivity index (χ1n) is 13.0. The number of carbonyl (C=O) groups excluding carboxylic acids is 3. The largest absolute Gasteiger partial charge is 0.497 e. The molecule has 0 unspecified atom stereocenters. The molecule has 0 saturated carbocycles. The molecule has 0 aliphatic heterocycles. The minimum absolute atomic E-state index is 0.146. The highest BCUT2D eigenvalue weighted by molar-refractivity contribution is 6.03. The third-order valence-corrected chi connectivity index (χ3v) is 7.35. The number of nitrogens with one attached hydrogen (secondary N) is 2. The molecule has 5 rings (SSSR count). The van der Waals surface area contributed by atoms with E-state index in [0.717, 1.165) is 16.5 Å². The molecule has 4 aromatic rings. The van der Waals surface area contributed by atoms with Crippen molar-refractivity contribution >= 4 is 28.6 Å². The maximum Gasteiger partial charge on any atom is 0.328 e. The van der Waals surface area contributed by atoms with E-state index in [4.69, 9.17) is 9.47 Å². The highest BCUT2D eigenvalue weighted by Gasteiger charge is 2.35. The molecular weight excluding hydrogens is 510 g/mol. The van der Waals surface area contributed by atoms with Crippen molar-refractivity contribution in [3.63, 3.8) is 0 Å². The molecule has 9 heteroatoms. The second kappa shape index (κ2) is 10.5. The second-order valence-electron chi connectivity index (χ2n) is 10.8. The van der Waals surface area contributed by atoms with E-state index >= 15 is 0 Å². The average molecular weight is 542 g/mol. The van der Waals surface area contributed by atoms with Crippen LogP contribution in [-0.2, 0) is 22.4 Å². The van der Waals surface area contributed by atoms with Gasteiger partial charge in [0.1, 0.15) is 17.4 Å². The van der Waals surface area contributed by atoms with Crippen molar-refractivity contribution in [1.29, 1.82) is 0 Å². The van der Waals surface area contributed by atoms with Gasteiger partial charge in [0, 0.05) is 46.9 Å². The molecule has 2 aromatic heterocycles. The van der Waals surface area contributed by atoms with Gasteiger partial charge in [-0.2, -0.15) is 0 Å². The SMILES string of the molecule is COC(=O)[C@H](Cc1c[nH]c2ccccc12)NC(=O)c1cc2c(n(-c3ccc(OC)cc3)c1=O)CC(C)(C)CC2=O. The van der Waals surface area contributed by atoms with Crippen LogP contribution < -0.4 is 15.6 Å². The van der Waals surface area contributed by atoms with Gasteiger partial charge >= 0.3 is 5.97 Å². The number of methoxy groups -OCH3 is 2. The maximum atomic E-state index is 13.9. The number of para-hydroxylation sites is 1. The van der Waals surface area contributed by atoms with E-state index in [0.29, 0.717) is 29.1 Å². The zero-order valence-corrected chi connectivity index (χ0v) is 22.9. The summed E-state index contributed by atoms with van der Waals surface area (Å²) < 4.78 is 11.7. The van der Waals surface area contributed by atoms with E-state index in [-0.39, 0.29) is 29.6 Å². The van der Waals surface area contributed by atoms with Crippen LogP contribution in [0.15, 0.2) is 65.6 Å². The Hall–Kier alpha value is -4.66. The fourth-order valence-electron chi connectivity index (χ4n) is 5.37. The number of carbonyl (C=O) groups is 3. The van der Waals surface area contributed by atoms with Gasteiger partial charge in [-0.15, -0.1) is 0 Å². The standard InChI is InChI=1S/C31H31N3O6/c1-31(2)15-26-22(27(35)16-31)14-23(29(37)34(26)19-9-11-20(39-3)12-10-19)28(36)33-25(30(38)40-4)13-18-17-32-24-8-6-5-7-21(18)24/h5-12,14,17,25,32H,13,15-16H2,1-4H3,(H,33,36)/t25-/m0/s1. The molecule has 1 aliphatic carbocycles. The molecule has 0 bridgehead atoms. The molecule has 0 spiro atoms. The van der Waals surface area contributed by atoms with Crippen LogP contribution in [0.5, 0.6) is 5.75 Å². The number of ether oxygens (including phenoxy) is 2. The van der Waals surface area contributed by atoms with Crippen LogP contribution in [0, 0.1) is 5.41 Å². The molecule has 206 valence electrons. The number of aromatic amines is 1. The molecule has 1 atom stereocenters. The Morgan fingerprint density at radius 2 is 1.77 bits per heavy atom. The van der Waals surface area contributed by atoms with E-state index < -0.39 is 23.5 Å². The van der Waals surface area contributed by atoms with E-state index in [1.165, 1.54) is 17.7 Å². The summed E-state index contributed by atoms with van der Waals surface area (Å²) in [5, 5.41) is 3.60. The zero-order valence-electron chi connectivity index (χ0n) is 22.9. The summed E-state index contributed by atoms with van der Waals surface area (Å²) in [6.45, 7) is 3.95. The van der Waals surface area contributed by atoms with Crippen molar-refractivity contribution < 1.29 is 23.9 Å². The second-order valence-corrected chi connectivity index (χ2v) is 10.8. The first-order valence-corrected chi connectivity index (χ1v) is 13.0. The number of Topliss-reactive ketones (excluding diaryl/α,β-unsaturated/α-hetero) is 1. The van der Waals surface area contributed by atoms with Crippen LogP contribution in [0.1, 0.15) is 52.2 Å². The molecule has 0 radical (unpaired) electrons. The lowest BCUT2D eigenvalue weighted by atomic mass is 9.75. The van der Waals surface area contributed by atoms with E-state index in [2.05, 4.69) is 10.3 Å². The highest BCUT2D eigenvalue weighted by atomic mass is 16.5. The molecule has 0 fully saturated rings. The number of rotatable bonds is 7. The van der Waals surface area contributed by atoms with Gasteiger partial charge in [0.05, 0.1) is 14.2 Å². The number of esters is 1. The summed E-state index contributed by atoms with van der Waals surface area (Å²) >= 11 is 0. The Morgan fingerprint density at radius 3 is 2.48 bits per heavy atom. The van der Waals surface area contributed by atoms with Gasteiger partial charge in [0.15, 0.2) is 5.78 Å². The van der Waals surface area contributed by atoms with Crippen molar-refractivity contribution in [2.24, 2.45) is 5.41 Å². The number of pyridine rings is 1. The average Bonchev–Trinajstić information content (AvgIpc) is 3.34. The Morgan fingerprint density at radius 1 is 1.05 bits per heavy atom. The van der Waals surface area contributed by atoms with Gasteiger partial charge in [-0.25, -0.2) is 4.79 Å². The molecule has 1 aliphatic rings. The van der Waals surface area contributed by atoms with Crippen molar-refractivity contribution in [3.8, 4) is 11.4 Å². The predicted molar refractivity (Wildman–Crippen MR) is 150 cm³/mol. The lowest BCUT2D eigenvalue weighted by Gasteiger charge is -2.32. The van der Waals surface area contributed by atoms with Crippen molar-refractivity contribution in [2.75, 3.05) is 14.2 Å². The molecule has 2 heterocycles. The van der Waals surface area contributed by atoms with Crippen molar-refractivity contribution in [3.05, 3.63) is 93.5 Å².